The van der Waals surface area contributed by atoms with Gasteiger partial charge < -0.3 is 14.8 Å². The van der Waals surface area contributed by atoms with Crippen LogP contribution in [-0.2, 0) is 4.79 Å². The number of pyridine rings is 1. The number of allylic oxidation sites excluding steroid dienone is 1. The largest absolute Gasteiger partial charge is 0.497 e. The predicted molar refractivity (Wildman–Crippen MR) is 199 cm³/mol. The molecular weight excluding hydrogens is 651 g/mol. The fraction of sp³-hybridized carbons (Fsp3) is 0.100. The Labute approximate surface area is 292 Å². The summed E-state index contributed by atoms with van der Waals surface area (Å²) < 4.78 is 11.1. The van der Waals surface area contributed by atoms with Crippen LogP contribution in [0.1, 0.15) is 27.7 Å². The van der Waals surface area contributed by atoms with Crippen molar-refractivity contribution in [3.05, 3.63) is 131 Å². The third-order valence-corrected chi connectivity index (χ3v) is 9.82. The number of nitrogens with zero attached hydrogens (tertiary/aromatic N) is 2. The van der Waals surface area contributed by atoms with Crippen LogP contribution in [0.25, 0.3) is 39.2 Å². The van der Waals surface area contributed by atoms with Gasteiger partial charge in [-0.2, -0.15) is 5.26 Å². The molecule has 0 radical (unpaired) electrons. The van der Waals surface area contributed by atoms with Gasteiger partial charge >= 0.3 is 0 Å². The van der Waals surface area contributed by atoms with E-state index in [0.29, 0.717) is 50.2 Å². The molecule has 9 heteroatoms. The Morgan fingerprint density at radius 3 is 2.43 bits per heavy atom. The second kappa shape index (κ2) is 15.0. The molecule has 0 saturated carbocycles. The van der Waals surface area contributed by atoms with Crippen molar-refractivity contribution in [3.63, 3.8) is 0 Å². The van der Waals surface area contributed by atoms with Crippen LogP contribution in [0.15, 0.2) is 120 Å². The first-order chi connectivity index (χ1) is 23.9. The van der Waals surface area contributed by atoms with Gasteiger partial charge in [0, 0.05) is 38.9 Å². The molecular formula is C40H31N3O4S2. The molecule has 1 unspecified atom stereocenters. The Bertz CT molecular complexity index is 2220. The lowest BCUT2D eigenvalue weighted by Gasteiger charge is -2.18. The van der Waals surface area contributed by atoms with Gasteiger partial charge in [0.1, 0.15) is 22.6 Å². The SMILES string of the molecule is COc1ccc(-c2cc(-c3cccc4ccccc34)nc(SC(C)C(=O)Nc3ccc(C(=O)/C=C/c4cccs4)cc3)c2C#N)c(OC)c1. The number of ether oxygens (including phenoxy) is 2. The highest BCUT2D eigenvalue weighted by molar-refractivity contribution is 8.00. The number of aromatic nitrogens is 1. The van der Waals surface area contributed by atoms with Crippen molar-refractivity contribution < 1.29 is 19.1 Å². The van der Waals surface area contributed by atoms with Gasteiger partial charge in [-0.05, 0) is 83.8 Å². The highest BCUT2D eigenvalue weighted by atomic mass is 32.2. The van der Waals surface area contributed by atoms with Crippen molar-refractivity contribution >= 4 is 57.3 Å². The van der Waals surface area contributed by atoms with Crippen LogP contribution in [0.4, 0.5) is 5.69 Å². The number of thioether (sulfide) groups is 1. The fourth-order valence-corrected chi connectivity index (χ4v) is 6.90. The molecule has 49 heavy (non-hydrogen) atoms. The van der Waals surface area contributed by atoms with E-state index in [4.69, 9.17) is 14.5 Å². The van der Waals surface area contributed by atoms with Crippen LogP contribution in [0.5, 0.6) is 11.5 Å². The molecule has 1 N–H and O–H groups in total. The summed E-state index contributed by atoms with van der Waals surface area (Å²) in [5.74, 6) is 0.762. The molecule has 6 aromatic rings. The van der Waals surface area contributed by atoms with E-state index < -0.39 is 5.25 Å². The lowest BCUT2D eigenvalue weighted by molar-refractivity contribution is -0.115. The van der Waals surface area contributed by atoms with E-state index in [0.717, 1.165) is 21.2 Å². The number of amides is 1. The Morgan fingerprint density at radius 1 is 0.898 bits per heavy atom. The smallest absolute Gasteiger partial charge is 0.237 e. The molecule has 0 aliphatic carbocycles. The Hall–Kier alpha value is -5.69. The lowest BCUT2D eigenvalue weighted by Crippen LogP contribution is -2.22. The number of carbonyl (C=O) groups is 2. The normalized spacial score (nSPS) is 11.6. The number of nitriles is 1. The number of benzene rings is 4. The van der Waals surface area contributed by atoms with Gasteiger partial charge in [0.25, 0.3) is 0 Å². The molecule has 2 aromatic heterocycles. The zero-order valence-corrected chi connectivity index (χ0v) is 28.6. The maximum atomic E-state index is 13.5. The minimum absolute atomic E-state index is 0.124. The van der Waals surface area contributed by atoms with Crippen molar-refractivity contribution in [1.82, 2.24) is 4.98 Å². The topological polar surface area (TPSA) is 101 Å². The summed E-state index contributed by atoms with van der Waals surface area (Å²) in [5, 5.41) is 17.3. The highest BCUT2D eigenvalue weighted by Crippen LogP contribution is 2.41. The molecule has 1 atom stereocenters. The maximum absolute atomic E-state index is 13.5. The molecule has 0 spiro atoms. The molecule has 0 saturated heterocycles. The lowest BCUT2D eigenvalue weighted by atomic mass is 9.96. The molecule has 0 fully saturated rings. The van der Waals surface area contributed by atoms with Crippen LogP contribution in [0.2, 0.25) is 0 Å². The average Bonchev–Trinajstić information content (AvgIpc) is 3.67. The second-order valence-corrected chi connectivity index (χ2v) is 13.3. The molecule has 0 aliphatic rings. The third kappa shape index (κ3) is 7.41. The van der Waals surface area contributed by atoms with Crippen molar-refractivity contribution in [2.24, 2.45) is 0 Å². The monoisotopic (exact) mass is 681 g/mol. The Kier molecular flexibility index (Phi) is 10.2. The summed E-state index contributed by atoms with van der Waals surface area (Å²) in [6.45, 7) is 1.77. The number of ketones is 1. The van der Waals surface area contributed by atoms with Crippen molar-refractivity contribution in [1.29, 1.82) is 5.26 Å². The maximum Gasteiger partial charge on any atom is 0.237 e. The number of thiophene rings is 1. The van der Waals surface area contributed by atoms with Gasteiger partial charge in [0.2, 0.25) is 5.91 Å². The standard InChI is InChI=1S/C40H31N3O4S2/c1-25(39(45)42-28-15-13-27(14-16-28)37(44)20-18-30-10-7-21-48-30)49-40-35(24-41)34(33-19-17-29(46-2)22-38(33)47-3)23-36(43-40)32-12-6-9-26-8-4-5-11-31(26)32/h4-23,25H,1-3H3,(H,42,45)/b20-18+. The molecule has 6 rings (SSSR count). The second-order valence-electron chi connectivity index (χ2n) is 11.0. The van der Waals surface area contributed by atoms with Crippen LogP contribution >= 0.6 is 23.1 Å². The van der Waals surface area contributed by atoms with E-state index in [-0.39, 0.29) is 11.7 Å². The van der Waals surface area contributed by atoms with Crippen LogP contribution in [0, 0.1) is 11.3 Å². The molecule has 2 heterocycles. The predicted octanol–water partition coefficient (Wildman–Crippen LogP) is 9.53. The summed E-state index contributed by atoms with van der Waals surface area (Å²) in [6, 6.07) is 34.4. The van der Waals surface area contributed by atoms with Crippen LogP contribution in [0.3, 0.4) is 0 Å². The number of hydrogen-bond acceptors (Lipinski definition) is 8. The zero-order valence-electron chi connectivity index (χ0n) is 27.0. The fourth-order valence-electron chi connectivity index (χ4n) is 5.36. The Balaban J connectivity index is 1.32. The highest BCUT2D eigenvalue weighted by Gasteiger charge is 2.23. The number of hydrogen-bond donors (Lipinski definition) is 1. The number of anilines is 1. The molecule has 0 bridgehead atoms. The zero-order chi connectivity index (χ0) is 34.3. The first-order valence-corrected chi connectivity index (χ1v) is 17.1. The van der Waals surface area contributed by atoms with Crippen LogP contribution in [-0.4, -0.2) is 36.1 Å². The van der Waals surface area contributed by atoms with E-state index in [1.54, 1.807) is 75.0 Å². The minimum atomic E-state index is -0.622. The summed E-state index contributed by atoms with van der Waals surface area (Å²) in [6.07, 6.45) is 3.33. The van der Waals surface area contributed by atoms with Crippen molar-refractivity contribution in [2.75, 3.05) is 19.5 Å². The molecule has 242 valence electrons. The number of nitrogens with one attached hydrogen (secondary N) is 1. The average molecular weight is 682 g/mol. The van der Waals surface area contributed by atoms with Gasteiger partial charge in [0.05, 0.1) is 30.7 Å². The first kappa shape index (κ1) is 33.2. The molecule has 7 nitrogen and oxygen atoms in total. The van der Waals surface area contributed by atoms with Crippen LogP contribution < -0.4 is 14.8 Å². The molecule has 1 amide bonds. The minimum Gasteiger partial charge on any atom is -0.497 e. The molecule has 4 aromatic carbocycles. The van der Waals surface area contributed by atoms with Crippen molar-refractivity contribution in [3.8, 4) is 40.0 Å². The van der Waals surface area contributed by atoms with E-state index in [9.17, 15) is 14.9 Å². The van der Waals surface area contributed by atoms with Gasteiger partial charge in [-0.15, -0.1) is 11.3 Å². The van der Waals surface area contributed by atoms with Gasteiger partial charge in [-0.3, -0.25) is 9.59 Å². The molecule has 0 aliphatic heterocycles. The van der Waals surface area contributed by atoms with E-state index in [2.05, 4.69) is 11.4 Å². The van der Waals surface area contributed by atoms with Gasteiger partial charge in [0.15, 0.2) is 5.78 Å². The summed E-state index contributed by atoms with van der Waals surface area (Å²) >= 11 is 2.76. The van der Waals surface area contributed by atoms with E-state index >= 15 is 0 Å². The van der Waals surface area contributed by atoms with Gasteiger partial charge in [-0.25, -0.2) is 4.98 Å². The van der Waals surface area contributed by atoms with Crippen molar-refractivity contribution in [2.45, 2.75) is 17.2 Å². The third-order valence-electron chi connectivity index (χ3n) is 7.90. The number of carbonyl (C=O) groups excluding carboxylic acids is 2. The summed E-state index contributed by atoms with van der Waals surface area (Å²) in [4.78, 5) is 32.1. The number of fused-ring (bicyclic) bond motifs is 1. The quantitative estimate of drug-likeness (QED) is 0.0826. The number of methoxy groups -OCH3 is 2. The Morgan fingerprint density at radius 2 is 1.69 bits per heavy atom. The first-order valence-electron chi connectivity index (χ1n) is 15.4. The van der Waals surface area contributed by atoms with E-state index in [1.807, 2.05) is 78.2 Å². The van der Waals surface area contributed by atoms with E-state index in [1.165, 1.54) is 11.8 Å². The van der Waals surface area contributed by atoms with Gasteiger partial charge in [-0.1, -0.05) is 60.3 Å². The summed E-state index contributed by atoms with van der Waals surface area (Å²) in [5.41, 5.74) is 4.28. The summed E-state index contributed by atoms with van der Waals surface area (Å²) in [7, 11) is 3.16. The number of rotatable bonds is 11.